The number of rotatable bonds is 0. The van der Waals surface area contributed by atoms with Gasteiger partial charge in [-0.25, -0.2) is 0 Å². The number of halogens is 1. The van der Waals surface area contributed by atoms with Gasteiger partial charge in [0, 0.05) is 16.7 Å². The Balaban J connectivity index is 2.81. The molecule has 146 valence electrons. The maximum atomic E-state index is 13.1. The molecule has 0 fully saturated rings. The van der Waals surface area contributed by atoms with Crippen molar-refractivity contribution < 1.29 is 9.59 Å². The molecule has 0 amide bonds. The highest BCUT2D eigenvalue weighted by Gasteiger charge is 2.35. The Bertz CT molecular complexity index is 816. The van der Waals surface area contributed by atoms with Crippen molar-refractivity contribution in [2.45, 2.75) is 62.3 Å². The molecule has 27 heavy (non-hydrogen) atoms. The van der Waals surface area contributed by atoms with Crippen molar-refractivity contribution >= 4 is 23.2 Å². The minimum Gasteiger partial charge on any atom is -0.289 e. The molecule has 0 saturated carbocycles. The van der Waals surface area contributed by atoms with Crippen molar-refractivity contribution in [3.8, 4) is 0 Å². The third-order valence-electron chi connectivity index (χ3n) is 4.89. The minimum atomic E-state index is -0.311. The maximum absolute atomic E-state index is 13.1. The highest BCUT2D eigenvalue weighted by molar-refractivity contribution is 6.45. The summed E-state index contributed by atoms with van der Waals surface area (Å²) < 4.78 is 0. The van der Waals surface area contributed by atoms with Crippen LogP contribution in [0.1, 0.15) is 62.3 Å². The zero-order valence-corrected chi connectivity index (χ0v) is 18.8. The van der Waals surface area contributed by atoms with E-state index in [2.05, 4.69) is 0 Å². The van der Waals surface area contributed by atoms with Gasteiger partial charge >= 0.3 is 0 Å². The van der Waals surface area contributed by atoms with Crippen LogP contribution in [0.4, 0.5) is 0 Å². The van der Waals surface area contributed by atoms with Crippen molar-refractivity contribution in [2.24, 2.45) is 16.2 Å². The quantitative estimate of drug-likeness (QED) is 0.476. The van der Waals surface area contributed by atoms with E-state index in [1.807, 2.05) is 80.5 Å². The average Bonchev–Trinajstić information content (AvgIpc) is 2.46. The molecule has 0 saturated heterocycles. The van der Waals surface area contributed by atoms with Gasteiger partial charge in [0.2, 0.25) is 5.78 Å². The molecule has 0 heterocycles. The van der Waals surface area contributed by atoms with Gasteiger partial charge < -0.3 is 0 Å². The molecule has 0 spiro atoms. The first-order valence-electron chi connectivity index (χ1n) is 9.41. The SMILES string of the molecule is CC(C)(C)C1=CC(=C2C=C(C(C)(C)C)C(=O)C(C(C)(C)C)=C2)C=C(Cl)C1=O. The summed E-state index contributed by atoms with van der Waals surface area (Å²) in [6.45, 7) is 18.3. The monoisotopic (exact) mass is 386 g/mol. The molecule has 2 nitrogen and oxygen atoms in total. The Morgan fingerprint density at radius 2 is 0.852 bits per heavy atom. The summed E-state index contributed by atoms with van der Waals surface area (Å²) in [7, 11) is 0. The number of hydrogen-bond donors (Lipinski definition) is 0. The lowest BCUT2D eigenvalue weighted by atomic mass is 9.71. The molecule has 0 aromatic rings. The Morgan fingerprint density at radius 3 is 1.19 bits per heavy atom. The van der Waals surface area contributed by atoms with Crippen LogP contribution in [0.15, 0.2) is 57.2 Å². The second kappa shape index (κ2) is 6.74. The molecule has 0 atom stereocenters. The molecule has 0 bridgehead atoms. The molecule has 0 radical (unpaired) electrons. The van der Waals surface area contributed by atoms with Crippen LogP contribution in [0.5, 0.6) is 0 Å². The van der Waals surface area contributed by atoms with Crippen LogP contribution in [0.25, 0.3) is 0 Å². The van der Waals surface area contributed by atoms with Gasteiger partial charge in [-0.1, -0.05) is 73.9 Å². The number of allylic oxidation sites excluding steroid dienone is 10. The van der Waals surface area contributed by atoms with Gasteiger partial charge in [0.15, 0.2) is 5.78 Å². The molecule has 2 rings (SSSR count). The van der Waals surface area contributed by atoms with Gasteiger partial charge in [-0.15, -0.1) is 0 Å². The van der Waals surface area contributed by atoms with Crippen molar-refractivity contribution in [1.82, 2.24) is 0 Å². The van der Waals surface area contributed by atoms with E-state index >= 15 is 0 Å². The van der Waals surface area contributed by atoms with E-state index in [4.69, 9.17) is 11.6 Å². The van der Waals surface area contributed by atoms with Crippen molar-refractivity contribution in [3.63, 3.8) is 0 Å². The zero-order valence-electron chi connectivity index (χ0n) is 18.0. The second-order valence-corrected chi connectivity index (χ2v) is 10.9. The first-order chi connectivity index (χ1) is 12.0. The van der Waals surface area contributed by atoms with Gasteiger partial charge in [0.05, 0.1) is 5.03 Å². The smallest absolute Gasteiger partial charge is 0.200 e. The third-order valence-corrected chi connectivity index (χ3v) is 5.17. The molecular weight excluding hydrogens is 356 g/mol. The molecule has 0 N–H and O–H groups in total. The van der Waals surface area contributed by atoms with Crippen molar-refractivity contribution in [3.05, 3.63) is 57.2 Å². The molecule has 2 aliphatic carbocycles. The van der Waals surface area contributed by atoms with E-state index in [0.29, 0.717) is 5.57 Å². The molecule has 2 aliphatic rings. The van der Waals surface area contributed by atoms with Crippen LogP contribution in [-0.4, -0.2) is 11.6 Å². The summed E-state index contributed by atoms with van der Waals surface area (Å²) in [6.07, 6.45) is 7.56. The summed E-state index contributed by atoms with van der Waals surface area (Å²) in [5, 5.41) is 0.221. The lowest BCUT2D eigenvalue weighted by molar-refractivity contribution is -0.114. The summed E-state index contributed by atoms with van der Waals surface area (Å²) in [5.74, 6) is -0.0261. The fraction of sp³-hybridized carbons (Fsp3) is 0.500. The van der Waals surface area contributed by atoms with E-state index in [1.54, 1.807) is 6.08 Å². The first kappa shape index (κ1) is 21.6. The average molecular weight is 387 g/mol. The summed E-state index contributed by atoms with van der Waals surface area (Å²) in [6, 6.07) is 0. The highest BCUT2D eigenvalue weighted by Crippen LogP contribution is 2.41. The van der Waals surface area contributed by atoms with Gasteiger partial charge in [0.1, 0.15) is 0 Å². The molecule has 0 aliphatic heterocycles. The second-order valence-electron chi connectivity index (χ2n) is 10.5. The lowest BCUT2D eigenvalue weighted by Crippen LogP contribution is -2.28. The Morgan fingerprint density at radius 1 is 0.556 bits per heavy atom. The number of Topliss-reactive ketones (excluding diaryl/α,β-unsaturated/α-hetero) is 2. The molecule has 3 heteroatoms. The normalized spacial score (nSPS) is 19.6. The fourth-order valence-corrected chi connectivity index (χ4v) is 3.45. The number of carbonyl (C=O) groups is 2. The standard InChI is InChI=1S/C24H31ClO2/c1-22(2,3)16-10-14(11-17(20(16)26)23(4,5)6)15-12-18(24(7,8)9)21(27)19(25)13-15/h10-13H,1-9H3. The predicted molar refractivity (Wildman–Crippen MR) is 114 cm³/mol. The zero-order chi connectivity index (χ0) is 20.9. The molecule has 0 aromatic carbocycles. The summed E-state index contributed by atoms with van der Waals surface area (Å²) >= 11 is 6.29. The Hall–Kier alpha value is -1.67. The highest BCUT2D eigenvalue weighted by atomic mass is 35.5. The van der Waals surface area contributed by atoms with Gasteiger partial charge in [-0.05, 0) is 51.7 Å². The lowest BCUT2D eigenvalue weighted by Gasteiger charge is -2.32. The van der Waals surface area contributed by atoms with E-state index in [-0.39, 0.29) is 32.8 Å². The molecule has 0 unspecified atom stereocenters. The first-order valence-corrected chi connectivity index (χ1v) is 9.78. The van der Waals surface area contributed by atoms with Crippen molar-refractivity contribution in [2.75, 3.05) is 0 Å². The summed E-state index contributed by atoms with van der Waals surface area (Å²) in [5.41, 5.74) is 3.19. The molecule has 0 aromatic heterocycles. The van der Waals surface area contributed by atoms with Crippen LogP contribution >= 0.6 is 11.6 Å². The largest absolute Gasteiger partial charge is 0.289 e. The van der Waals surface area contributed by atoms with E-state index < -0.39 is 0 Å². The number of carbonyl (C=O) groups excluding carboxylic acids is 2. The predicted octanol–water partition coefficient (Wildman–Crippen LogP) is 6.49. The molecular formula is C24H31ClO2. The Labute approximate surface area is 168 Å². The van der Waals surface area contributed by atoms with Crippen LogP contribution in [0, 0.1) is 16.2 Å². The van der Waals surface area contributed by atoms with Crippen LogP contribution in [0.3, 0.4) is 0 Å². The maximum Gasteiger partial charge on any atom is 0.200 e. The topological polar surface area (TPSA) is 34.1 Å². The van der Waals surface area contributed by atoms with Gasteiger partial charge in [-0.2, -0.15) is 0 Å². The van der Waals surface area contributed by atoms with Crippen LogP contribution in [0.2, 0.25) is 0 Å². The summed E-state index contributed by atoms with van der Waals surface area (Å²) in [4.78, 5) is 25.6. The van der Waals surface area contributed by atoms with Gasteiger partial charge in [0.25, 0.3) is 0 Å². The number of ketones is 2. The van der Waals surface area contributed by atoms with E-state index in [1.165, 1.54) is 0 Å². The van der Waals surface area contributed by atoms with Crippen molar-refractivity contribution in [1.29, 1.82) is 0 Å². The fourth-order valence-electron chi connectivity index (χ4n) is 3.23. The Kier molecular flexibility index (Phi) is 5.40. The van der Waals surface area contributed by atoms with Crippen LogP contribution < -0.4 is 0 Å². The minimum absolute atomic E-state index is 0.0985. The van der Waals surface area contributed by atoms with Crippen LogP contribution in [-0.2, 0) is 9.59 Å². The third kappa shape index (κ3) is 4.43. The number of hydrogen-bond acceptors (Lipinski definition) is 2. The van der Waals surface area contributed by atoms with E-state index in [9.17, 15) is 9.59 Å². The van der Waals surface area contributed by atoms with Gasteiger partial charge in [-0.3, -0.25) is 9.59 Å². The van der Waals surface area contributed by atoms with E-state index in [0.717, 1.165) is 22.3 Å².